The molecule has 0 radical (unpaired) electrons. The molecule has 1 atom stereocenters. The number of ether oxygens (including phenoxy) is 1. The van der Waals surface area contributed by atoms with Crippen LogP contribution in [-0.4, -0.2) is 9.97 Å². The number of aromatic nitrogens is 2. The molecule has 0 spiro atoms. The van der Waals surface area contributed by atoms with E-state index in [0.717, 1.165) is 62.7 Å². The van der Waals surface area contributed by atoms with E-state index in [9.17, 15) is 4.39 Å². The van der Waals surface area contributed by atoms with E-state index in [1.165, 1.54) is 34.4 Å². The molecule has 4 heteroatoms. The fourth-order valence-electron chi connectivity index (χ4n) is 8.27. The molecule has 0 amide bonds. The van der Waals surface area contributed by atoms with E-state index >= 15 is 0 Å². The fraction of sp³-hybridized carbons (Fsp3) is 0.136. The van der Waals surface area contributed by atoms with Crippen LogP contribution in [0.4, 0.5) is 4.39 Å². The molecule has 9 rings (SSSR count). The van der Waals surface area contributed by atoms with Gasteiger partial charge in [0.1, 0.15) is 11.6 Å². The van der Waals surface area contributed by atoms with Crippen molar-refractivity contribution in [3.8, 4) is 28.1 Å². The Hall–Kier alpha value is -5.61. The first-order valence-corrected chi connectivity index (χ1v) is 16.7. The van der Waals surface area contributed by atoms with Crippen molar-refractivity contribution in [2.45, 2.75) is 37.7 Å². The van der Waals surface area contributed by atoms with Crippen LogP contribution in [0.1, 0.15) is 54.8 Å². The topological polar surface area (TPSA) is 35.0 Å². The third-order valence-corrected chi connectivity index (χ3v) is 10.6. The van der Waals surface area contributed by atoms with Gasteiger partial charge in [-0.25, -0.2) is 14.4 Å². The first-order chi connectivity index (χ1) is 23.6. The summed E-state index contributed by atoms with van der Waals surface area (Å²) in [4.78, 5) is 10.5. The zero-order valence-electron chi connectivity index (χ0n) is 26.9. The molecule has 1 unspecified atom stereocenters. The van der Waals surface area contributed by atoms with Crippen LogP contribution in [0.3, 0.4) is 0 Å². The lowest BCUT2D eigenvalue weighted by Crippen LogP contribution is -2.37. The number of benzene rings is 6. The van der Waals surface area contributed by atoms with Gasteiger partial charge in [-0.15, -0.1) is 0 Å². The summed E-state index contributed by atoms with van der Waals surface area (Å²) in [6, 6.07) is 42.2. The lowest BCUT2D eigenvalue weighted by Gasteiger charge is -2.38. The molecule has 232 valence electrons. The Balaban J connectivity index is 1.37. The minimum absolute atomic E-state index is 0.163. The van der Waals surface area contributed by atoms with Crippen molar-refractivity contribution in [3.05, 3.63) is 167 Å². The fourth-order valence-corrected chi connectivity index (χ4v) is 8.27. The van der Waals surface area contributed by atoms with E-state index in [1.54, 1.807) is 12.1 Å². The molecule has 1 aliphatic carbocycles. The molecule has 48 heavy (non-hydrogen) atoms. The summed E-state index contributed by atoms with van der Waals surface area (Å²) in [5.41, 5.74) is 8.36. The Morgan fingerprint density at radius 2 is 1.33 bits per heavy atom. The lowest BCUT2D eigenvalue weighted by atomic mass is 9.71. The van der Waals surface area contributed by atoms with Crippen LogP contribution in [0.15, 0.2) is 133 Å². The van der Waals surface area contributed by atoms with Gasteiger partial charge in [-0.3, -0.25) is 0 Å². The molecule has 3 nitrogen and oxygen atoms in total. The predicted octanol–water partition coefficient (Wildman–Crippen LogP) is 11.0. The first-order valence-electron chi connectivity index (χ1n) is 16.7. The zero-order valence-corrected chi connectivity index (χ0v) is 26.9. The molecule has 7 aromatic rings. The molecule has 0 N–H and O–H groups in total. The second kappa shape index (κ2) is 10.7. The van der Waals surface area contributed by atoms with Crippen molar-refractivity contribution in [2.24, 2.45) is 0 Å². The minimum Gasteiger partial charge on any atom is -0.469 e. The van der Waals surface area contributed by atoms with E-state index in [4.69, 9.17) is 14.7 Å². The number of nitrogens with zero attached hydrogens (tertiary/aromatic N) is 2. The summed E-state index contributed by atoms with van der Waals surface area (Å²) in [5.74, 6) is 0.988. The molecule has 0 saturated heterocycles. The average molecular weight is 625 g/mol. The monoisotopic (exact) mass is 624 g/mol. The van der Waals surface area contributed by atoms with Crippen LogP contribution >= 0.6 is 0 Å². The molecular formula is C44H33FN2O. The summed E-state index contributed by atoms with van der Waals surface area (Å²) in [6.45, 7) is 4.59. The Labute approximate surface area is 279 Å². The maximum absolute atomic E-state index is 14.5. The largest absolute Gasteiger partial charge is 0.469 e. The van der Waals surface area contributed by atoms with Gasteiger partial charge in [0, 0.05) is 32.9 Å². The highest BCUT2D eigenvalue weighted by Crippen LogP contribution is 2.60. The van der Waals surface area contributed by atoms with Gasteiger partial charge in [0.2, 0.25) is 5.60 Å². The standard InChI is InChI=1S/C44H33FN2O/c1-3-43(4-2)36-20-12-10-18-33(36)38-31-16-8-9-17-32(31)41-35(39(38)43)26-27-44(48-41,29-22-24-30(45)25-23-29)42-46-37-21-13-11-19-34(37)40(47-42)28-14-6-5-7-15-28/h5-27H,3-4H2,1-2H3. The van der Waals surface area contributed by atoms with Gasteiger partial charge in [0.25, 0.3) is 0 Å². The maximum atomic E-state index is 14.5. The Morgan fingerprint density at radius 3 is 2.10 bits per heavy atom. The summed E-state index contributed by atoms with van der Waals surface area (Å²) in [6.07, 6.45) is 6.24. The third-order valence-electron chi connectivity index (χ3n) is 10.6. The van der Waals surface area contributed by atoms with Gasteiger partial charge >= 0.3 is 0 Å². The summed E-state index contributed by atoms with van der Waals surface area (Å²) in [7, 11) is 0. The van der Waals surface area contributed by atoms with E-state index in [-0.39, 0.29) is 11.2 Å². The third kappa shape index (κ3) is 3.92. The Morgan fingerprint density at radius 1 is 0.667 bits per heavy atom. The van der Waals surface area contributed by atoms with Crippen LogP contribution in [0.5, 0.6) is 5.75 Å². The number of rotatable bonds is 5. The van der Waals surface area contributed by atoms with Crippen molar-refractivity contribution in [1.82, 2.24) is 9.97 Å². The smallest absolute Gasteiger partial charge is 0.212 e. The van der Waals surface area contributed by atoms with Crippen LogP contribution < -0.4 is 4.74 Å². The van der Waals surface area contributed by atoms with Crippen molar-refractivity contribution in [2.75, 3.05) is 0 Å². The molecule has 0 saturated carbocycles. The van der Waals surface area contributed by atoms with Crippen molar-refractivity contribution < 1.29 is 9.13 Å². The summed E-state index contributed by atoms with van der Waals surface area (Å²) < 4.78 is 21.9. The zero-order chi connectivity index (χ0) is 32.5. The van der Waals surface area contributed by atoms with Crippen LogP contribution in [-0.2, 0) is 11.0 Å². The highest BCUT2D eigenvalue weighted by Gasteiger charge is 2.47. The van der Waals surface area contributed by atoms with Crippen molar-refractivity contribution in [1.29, 1.82) is 0 Å². The lowest BCUT2D eigenvalue weighted by molar-refractivity contribution is 0.153. The molecule has 2 aliphatic rings. The van der Waals surface area contributed by atoms with Gasteiger partial charge < -0.3 is 4.74 Å². The molecule has 1 aliphatic heterocycles. The predicted molar refractivity (Wildman–Crippen MR) is 193 cm³/mol. The second-order valence-corrected chi connectivity index (χ2v) is 12.8. The Bertz CT molecular complexity index is 2410. The normalized spacial score (nSPS) is 17.1. The highest BCUT2D eigenvalue weighted by molar-refractivity contribution is 6.08. The van der Waals surface area contributed by atoms with E-state index in [2.05, 4.69) is 92.7 Å². The van der Waals surface area contributed by atoms with Gasteiger partial charge in [0.05, 0.1) is 11.2 Å². The number of hydrogen-bond acceptors (Lipinski definition) is 3. The first kappa shape index (κ1) is 28.6. The van der Waals surface area contributed by atoms with Gasteiger partial charge in [-0.05, 0) is 64.8 Å². The SMILES string of the molecule is CCC1(CC)c2ccccc2-c2c1c1c(c3ccccc23)OC(c2ccc(F)cc2)(c2nc(-c3ccccc3)c3ccccc3n2)C=C1. The molecule has 0 bridgehead atoms. The molecule has 1 aromatic heterocycles. The molecule has 0 fully saturated rings. The van der Waals surface area contributed by atoms with E-state index < -0.39 is 5.60 Å². The maximum Gasteiger partial charge on any atom is 0.212 e. The van der Waals surface area contributed by atoms with E-state index in [1.807, 2.05) is 36.4 Å². The van der Waals surface area contributed by atoms with Crippen molar-refractivity contribution >= 4 is 27.8 Å². The molecule has 6 aromatic carbocycles. The number of halogens is 1. The van der Waals surface area contributed by atoms with Crippen LogP contribution in [0.25, 0.3) is 50.1 Å². The van der Waals surface area contributed by atoms with Crippen LogP contribution in [0, 0.1) is 5.82 Å². The highest BCUT2D eigenvalue weighted by atomic mass is 19.1. The van der Waals surface area contributed by atoms with Gasteiger partial charge in [0.15, 0.2) is 5.82 Å². The number of para-hydroxylation sites is 1. The van der Waals surface area contributed by atoms with Crippen LogP contribution in [0.2, 0.25) is 0 Å². The number of fused-ring (bicyclic) bond motifs is 9. The number of hydrogen-bond donors (Lipinski definition) is 0. The quantitative estimate of drug-likeness (QED) is 0.191. The van der Waals surface area contributed by atoms with Crippen molar-refractivity contribution in [3.63, 3.8) is 0 Å². The molecule has 2 heterocycles. The van der Waals surface area contributed by atoms with Gasteiger partial charge in [-0.1, -0.05) is 129 Å². The second-order valence-electron chi connectivity index (χ2n) is 12.8. The minimum atomic E-state index is -1.22. The summed E-state index contributed by atoms with van der Waals surface area (Å²) in [5, 5.41) is 3.15. The Kier molecular flexibility index (Phi) is 6.38. The average Bonchev–Trinajstić information content (AvgIpc) is 3.46. The van der Waals surface area contributed by atoms with E-state index in [0.29, 0.717) is 5.82 Å². The summed E-state index contributed by atoms with van der Waals surface area (Å²) >= 11 is 0. The molecular weight excluding hydrogens is 591 g/mol. The van der Waals surface area contributed by atoms with Gasteiger partial charge in [-0.2, -0.15) is 0 Å².